The van der Waals surface area contributed by atoms with Crippen molar-refractivity contribution in [2.24, 2.45) is 0 Å². The van der Waals surface area contributed by atoms with Gasteiger partial charge in [-0.1, -0.05) is 12.5 Å². The van der Waals surface area contributed by atoms with Crippen LogP contribution in [0, 0.1) is 12.3 Å². The largest absolute Gasteiger partial charge is 0.390 e. The van der Waals surface area contributed by atoms with Crippen molar-refractivity contribution >= 4 is 0 Å². The van der Waals surface area contributed by atoms with Crippen LogP contribution in [0.15, 0.2) is 12.2 Å². The highest BCUT2D eigenvalue weighted by molar-refractivity contribution is 5.22. The standard InChI is InChI=1S/C8H12O/c1-5-7(2)6-8(3,4)9/h1,9H,2,6H2,3-4H3. The third-order valence-corrected chi connectivity index (χ3v) is 0.850. The summed E-state index contributed by atoms with van der Waals surface area (Å²) in [6, 6.07) is 0. The van der Waals surface area contributed by atoms with Crippen LogP contribution in [0.1, 0.15) is 20.3 Å². The summed E-state index contributed by atoms with van der Waals surface area (Å²) in [5, 5.41) is 9.16. The molecule has 0 saturated heterocycles. The highest BCUT2D eigenvalue weighted by Gasteiger charge is 2.12. The fourth-order valence-electron chi connectivity index (χ4n) is 0.573. The highest BCUT2D eigenvalue weighted by atomic mass is 16.3. The number of terminal acetylenes is 1. The molecule has 0 amide bonds. The second kappa shape index (κ2) is 2.70. The zero-order chi connectivity index (χ0) is 7.49. The SMILES string of the molecule is C#CC(=C)CC(C)(C)O. The molecule has 0 radical (unpaired) electrons. The number of aliphatic hydroxyl groups is 1. The zero-order valence-electron chi connectivity index (χ0n) is 5.94. The lowest BCUT2D eigenvalue weighted by Gasteiger charge is -2.15. The summed E-state index contributed by atoms with van der Waals surface area (Å²) in [5.41, 5.74) is -0.0776. The summed E-state index contributed by atoms with van der Waals surface area (Å²) in [6.45, 7) is 6.97. The molecule has 0 bridgehead atoms. The van der Waals surface area contributed by atoms with Crippen molar-refractivity contribution in [2.45, 2.75) is 25.9 Å². The number of rotatable bonds is 2. The Labute approximate surface area is 56.4 Å². The Morgan fingerprint density at radius 2 is 2.22 bits per heavy atom. The van der Waals surface area contributed by atoms with Crippen molar-refractivity contribution in [3.8, 4) is 12.3 Å². The van der Waals surface area contributed by atoms with Crippen molar-refractivity contribution in [3.05, 3.63) is 12.2 Å². The minimum atomic E-state index is -0.719. The molecule has 0 aromatic carbocycles. The van der Waals surface area contributed by atoms with E-state index in [1.54, 1.807) is 13.8 Å². The van der Waals surface area contributed by atoms with E-state index in [0.717, 1.165) is 0 Å². The van der Waals surface area contributed by atoms with Gasteiger partial charge in [0.15, 0.2) is 0 Å². The molecule has 1 heteroatoms. The summed E-state index contributed by atoms with van der Waals surface area (Å²) in [5.74, 6) is 2.37. The molecule has 1 N–H and O–H groups in total. The Hall–Kier alpha value is -0.740. The fraction of sp³-hybridized carbons (Fsp3) is 0.500. The first-order chi connectivity index (χ1) is 3.95. The Kier molecular flexibility index (Phi) is 2.48. The van der Waals surface area contributed by atoms with E-state index in [1.165, 1.54) is 0 Å². The number of hydrogen-bond acceptors (Lipinski definition) is 1. The van der Waals surface area contributed by atoms with Gasteiger partial charge in [0.2, 0.25) is 0 Å². The molecule has 0 aliphatic heterocycles. The molecule has 0 aromatic rings. The van der Waals surface area contributed by atoms with Crippen LogP contribution < -0.4 is 0 Å². The van der Waals surface area contributed by atoms with Crippen LogP contribution in [-0.4, -0.2) is 10.7 Å². The van der Waals surface area contributed by atoms with Crippen molar-refractivity contribution in [1.82, 2.24) is 0 Å². The van der Waals surface area contributed by atoms with E-state index in [1.807, 2.05) is 0 Å². The van der Waals surface area contributed by atoms with E-state index in [-0.39, 0.29) is 0 Å². The van der Waals surface area contributed by atoms with Gasteiger partial charge in [-0.05, 0) is 19.4 Å². The van der Waals surface area contributed by atoms with Crippen LogP contribution in [0.4, 0.5) is 0 Å². The molecule has 0 aliphatic rings. The smallest absolute Gasteiger partial charge is 0.0638 e. The van der Waals surface area contributed by atoms with Gasteiger partial charge < -0.3 is 5.11 Å². The molecule has 0 aromatic heterocycles. The molecule has 0 aliphatic carbocycles. The zero-order valence-corrected chi connectivity index (χ0v) is 5.94. The van der Waals surface area contributed by atoms with E-state index in [4.69, 9.17) is 11.5 Å². The predicted octanol–water partition coefficient (Wildman–Crippen LogP) is 1.34. The van der Waals surface area contributed by atoms with Gasteiger partial charge in [0.1, 0.15) is 0 Å². The molecule has 0 heterocycles. The molecule has 0 fully saturated rings. The molecular weight excluding hydrogens is 112 g/mol. The average molecular weight is 124 g/mol. The Morgan fingerprint density at radius 3 is 2.33 bits per heavy atom. The van der Waals surface area contributed by atoms with Gasteiger partial charge in [-0.25, -0.2) is 0 Å². The molecule has 50 valence electrons. The topological polar surface area (TPSA) is 20.2 Å². The molecule has 0 spiro atoms. The Morgan fingerprint density at radius 1 is 1.78 bits per heavy atom. The quantitative estimate of drug-likeness (QED) is 0.551. The van der Waals surface area contributed by atoms with E-state index in [2.05, 4.69) is 12.5 Å². The fourth-order valence-corrected chi connectivity index (χ4v) is 0.573. The molecule has 0 rings (SSSR count). The minimum Gasteiger partial charge on any atom is -0.390 e. The molecule has 0 saturated carbocycles. The first-order valence-corrected chi connectivity index (χ1v) is 2.82. The summed E-state index contributed by atoms with van der Waals surface area (Å²) in [4.78, 5) is 0. The third kappa shape index (κ3) is 5.13. The van der Waals surface area contributed by atoms with Crippen LogP contribution in [0.5, 0.6) is 0 Å². The van der Waals surface area contributed by atoms with Crippen LogP contribution in [0.2, 0.25) is 0 Å². The van der Waals surface area contributed by atoms with Gasteiger partial charge in [0, 0.05) is 6.42 Å². The molecule has 1 nitrogen and oxygen atoms in total. The first kappa shape index (κ1) is 8.26. The highest BCUT2D eigenvalue weighted by Crippen LogP contribution is 2.12. The van der Waals surface area contributed by atoms with Gasteiger partial charge in [-0.3, -0.25) is 0 Å². The maximum Gasteiger partial charge on any atom is 0.0638 e. The Balaban J connectivity index is 3.78. The second-order valence-corrected chi connectivity index (χ2v) is 2.74. The van der Waals surface area contributed by atoms with Crippen molar-refractivity contribution in [3.63, 3.8) is 0 Å². The molecule has 0 atom stereocenters. The van der Waals surface area contributed by atoms with Crippen LogP contribution in [0.25, 0.3) is 0 Å². The number of hydrogen-bond donors (Lipinski definition) is 1. The van der Waals surface area contributed by atoms with Crippen molar-refractivity contribution in [2.75, 3.05) is 0 Å². The summed E-state index contributed by atoms with van der Waals surface area (Å²) in [6.07, 6.45) is 5.49. The molecular formula is C8H12O. The monoisotopic (exact) mass is 124 g/mol. The van der Waals surface area contributed by atoms with Gasteiger partial charge in [-0.2, -0.15) is 0 Å². The van der Waals surface area contributed by atoms with Gasteiger partial charge in [0.25, 0.3) is 0 Å². The van der Waals surface area contributed by atoms with Gasteiger partial charge >= 0.3 is 0 Å². The van der Waals surface area contributed by atoms with E-state index < -0.39 is 5.60 Å². The summed E-state index contributed by atoms with van der Waals surface area (Å²) >= 11 is 0. The summed E-state index contributed by atoms with van der Waals surface area (Å²) < 4.78 is 0. The van der Waals surface area contributed by atoms with E-state index >= 15 is 0 Å². The predicted molar refractivity (Wildman–Crippen MR) is 38.9 cm³/mol. The second-order valence-electron chi connectivity index (χ2n) is 2.74. The summed E-state index contributed by atoms with van der Waals surface area (Å²) in [7, 11) is 0. The maximum atomic E-state index is 9.16. The van der Waals surface area contributed by atoms with Crippen LogP contribution in [-0.2, 0) is 0 Å². The third-order valence-electron chi connectivity index (χ3n) is 0.850. The molecule has 0 unspecified atom stereocenters. The van der Waals surface area contributed by atoms with E-state index in [9.17, 15) is 0 Å². The lowest BCUT2D eigenvalue weighted by Crippen LogP contribution is -2.18. The van der Waals surface area contributed by atoms with Crippen molar-refractivity contribution < 1.29 is 5.11 Å². The lowest BCUT2D eigenvalue weighted by molar-refractivity contribution is 0.0822. The Bertz CT molecular complexity index is 143. The molecule has 9 heavy (non-hydrogen) atoms. The van der Waals surface area contributed by atoms with Crippen LogP contribution in [0.3, 0.4) is 0 Å². The van der Waals surface area contributed by atoms with Crippen molar-refractivity contribution in [1.29, 1.82) is 0 Å². The van der Waals surface area contributed by atoms with Gasteiger partial charge in [0.05, 0.1) is 5.60 Å². The first-order valence-electron chi connectivity index (χ1n) is 2.82. The van der Waals surface area contributed by atoms with Gasteiger partial charge in [-0.15, -0.1) is 6.42 Å². The maximum absolute atomic E-state index is 9.16. The lowest BCUT2D eigenvalue weighted by atomic mass is 10.0. The average Bonchev–Trinajstić information content (AvgIpc) is 1.62. The normalized spacial score (nSPS) is 10.4. The van der Waals surface area contributed by atoms with Crippen LogP contribution >= 0.6 is 0 Å². The minimum absolute atomic E-state index is 0.476. The van der Waals surface area contributed by atoms with E-state index in [0.29, 0.717) is 12.0 Å².